The number of aliphatic hydroxyl groups is 1. The van der Waals surface area contributed by atoms with Crippen LogP contribution in [0.3, 0.4) is 0 Å². The average molecular weight is 383 g/mol. The Morgan fingerprint density at radius 1 is 1.43 bits per heavy atom. The first-order valence-electron chi connectivity index (χ1n) is 9.83. The van der Waals surface area contributed by atoms with Gasteiger partial charge in [0.25, 0.3) is 0 Å². The summed E-state index contributed by atoms with van der Waals surface area (Å²) in [5.74, 6) is 1.05. The van der Waals surface area contributed by atoms with Crippen LogP contribution in [0.1, 0.15) is 57.3 Å². The SMILES string of the molecule is CCCCN1N=C(O[C@@H]2c3cc(C#N)ccc3OC(C)(C)[C@H]2O)[C@@H]2C[C@H]2C1=O. The highest BCUT2D eigenvalue weighted by molar-refractivity contribution is 5.96. The van der Waals surface area contributed by atoms with Gasteiger partial charge < -0.3 is 14.6 Å². The van der Waals surface area contributed by atoms with E-state index in [0.29, 0.717) is 29.3 Å². The minimum atomic E-state index is -0.949. The summed E-state index contributed by atoms with van der Waals surface area (Å²) >= 11 is 0. The summed E-state index contributed by atoms with van der Waals surface area (Å²) in [5.41, 5.74) is 0.238. The van der Waals surface area contributed by atoms with E-state index in [-0.39, 0.29) is 17.7 Å². The predicted octanol–water partition coefficient (Wildman–Crippen LogP) is 2.74. The molecule has 4 atom stereocenters. The fourth-order valence-corrected chi connectivity index (χ4v) is 3.82. The molecule has 4 rings (SSSR count). The highest BCUT2D eigenvalue weighted by Gasteiger charge is 2.54. The van der Waals surface area contributed by atoms with E-state index >= 15 is 0 Å². The number of ether oxygens (including phenoxy) is 2. The van der Waals surface area contributed by atoms with Crippen molar-refractivity contribution in [3.8, 4) is 11.8 Å². The first-order valence-corrected chi connectivity index (χ1v) is 9.83. The summed E-state index contributed by atoms with van der Waals surface area (Å²) in [7, 11) is 0. The molecule has 1 aromatic carbocycles. The monoisotopic (exact) mass is 383 g/mol. The number of hydrogen-bond acceptors (Lipinski definition) is 6. The number of nitrogens with zero attached hydrogens (tertiary/aromatic N) is 3. The Balaban J connectivity index is 1.67. The lowest BCUT2D eigenvalue weighted by molar-refractivity contribution is -0.134. The summed E-state index contributed by atoms with van der Waals surface area (Å²) in [5, 5.41) is 26.2. The van der Waals surface area contributed by atoms with Gasteiger partial charge in [-0.1, -0.05) is 13.3 Å². The zero-order valence-electron chi connectivity index (χ0n) is 16.4. The summed E-state index contributed by atoms with van der Waals surface area (Å²) in [6.07, 6.45) is 0.916. The van der Waals surface area contributed by atoms with E-state index in [1.54, 1.807) is 32.0 Å². The molecule has 0 bridgehead atoms. The third kappa shape index (κ3) is 3.12. The molecule has 0 radical (unpaired) electrons. The zero-order chi connectivity index (χ0) is 20.1. The maximum Gasteiger partial charge on any atom is 0.246 e. The number of hydrazone groups is 1. The summed E-state index contributed by atoms with van der Waals surface area (Å²) in [6.45, 7) is 6.24. The van der Waals surface area contributed by atoms with Crippen molar-refractivity contribution < 1.29 is 19.4 Å². The van der Waals surface area contributed by atoms with Crippen LogP contribution in [0.2, 0.25) is 0 Å². The molecule has 3 aliphatic rings. The van der Waals surface area contributed by atoms with Crippen LogP contribution in [-0.2, 0) is 9.53 Å². The number of unbranched alkanes of at least 4 members (excludes halogenated alkanes) is 1. The van der Waals surface area contributed by atoms with Crippen LogP contribution >= 0.6 is 0 Å². The molecule has 0 spiro atoms. The molecule has 148 valence electrons. The Bertz CT molecular complexity index is 873. The van der Waals surface area contributed by atoms with Crippen molar-refractivity contribution in [2.24, 2.45) is 16.9 Å². The number of aliphatic hydroxyl groups excluding tert-OH is 1. The second-order valence-electron chi connectivity index (χ2n) is 8.26. The maximum absolute atomic E-state index is 12.4. The summed E-state index contributed by atoms with van der Waals surface area (Å²) in [6, 6.07) is 7.22. The molecule has 1 aromatic rings. The molecule has 1 amide bonds. The average Bonchev–Trinajstić information content (AvgIpc) is 3.47. The summed E-state index contributed by atoms with van der Waals surface area (Å²) < 4.78 is 12.2. The minimum Gasteiger partial charge on any atom is -0.485 e. The molecule has 28 heavy (non-hydrogen) atoms. The molecular weight excluding hydrogens is 358 g/mol. The smallest absolute Gasteiger partial charge is 0.246 e. The van der Waals surface area contributed by atoms with E-state index in [9.17, 15) is 15.2 Å². The highest BCUT2D eigenvalue weighted by atomic mass is 16.5. The van der Waals surface area contributed by atoms with E-state index in [4.69, 9.17) is 9.47 Å². The number of amides is 1. The molecule has 1 aliphatic carbocycles. The number of hydrogen-bond donors (Lipinski definition) is 1. The van der Waals surface area contributed by atoms with Gasteiger partial charge in [-0.3, -0.25) is 4.79 Å². The number of carbonyl (C=O) groups is 1. The van der Waals surface area contributed by atoms with E-state index in [2.05, 4.69) is 18.1 Å². The predicted molar refractivity (Wildman–Crippen MR) is 101 cm³/mol. The van der Waals surface area contributed by atoms with E-state index in [1.807, 2.05) is 0 Å². The number of benzene rings is 1. The van der Waals surface area contributed by atoms with Gasteiger partial charge in [0.05, 0.1) is 17.6 Å². The van der Waals surface area contributed by atoms with Crippen LogP contribution in [0.15, 0.2) is 23.3 Å². The largest absolute Gasteiger partial charge is 0.485 e. The summed E-state index contributed by atoms with van der Waals surface area (Å²) in [4.78, 5) is 12.4. The molecule has 7 heteroatoms. The van der Waals surface area contributed by atoms with E-state index in [1.165, 1.54) is 5.01 Å². The molecule has 7 nitrogen and oxygen atoms in total. The van der Waals surface area contributed by atoms with Crippen molar-refractivity contribution in [1.29, 1.82) is 5.26 Å². The van der Waals surface area contributed by atoms with E-state index < -0.39 is 17.8 Å². The van der Waals surface area contributed by atoms with Crippen molar-refractivity contribution in [2.75, 3.05) is 6.54 Å². The molecule has 0 saturated heterocycles. The van der Waals surface area contributed by atoms with Crippen LogP contribution in [0, 0.1) is 23.2 Å². The van der Waals surface area contributed by atoms with Gasteiger partial charge in [-0.2, -0.15) is 5.26 Å². The van der Waals surface area contributed by atoms with Crippen molar-refractivity contribution in [3.05, 3.63) is 29.3 Å². The van der Waals surface area contributed by atoms with Gasteiger partial charge in [-0.05, 0) is 44.9 Å². The zero-order valence-corrected chi connectivity index (χ0v) is 16.4. The van der Waals surface area contributed by atoms with Crippen molar-refractivity contribution >= 4 is 11.8 Å². The standard InChI is InChI=1S/C21H25N3O4/c1-4-5-8-24-20(26)14-10-13(14)19(23-24)27-17-15-9-12(11-22)6-7-16(15)28-21(2,3)18(17)25/h6-7,9,13-14,17-18,25H,4-5,8,10H2,1-3H3/t13-,14-,17-,18+/m1/s1. The highest BCUT2D eigenvalue weighted by Crippen LogP contribution is 2.48. The van der Waals surface area contributed by atoms with Gasteiger partial charge in [0, 0.05) is 18.0 Å². The lowest BCUT2D eigenvalue weighted by atomic mass is 9.87. The second kappa shape index (κ2) is 6.78. The molecule has 1 fully saturated rings. The Kier molecular flexibility index (Phi) is 4.54. The number of rotatable bonds is 4. The number of nitriles is 1. The fourth-order valence-electron chi connectivity index (χ4n) is 3.82. The van der Waals surface area contributed by atoms with Gasteiger partial charge in [0.15, 0.2) is 6.10 Å². The fraction of sp³-hybridized carbons (Fsp3) is 0.571. The molecule has 2 heterocycles. The lowest BCUT2D eigenvalue weighted by Crippen LogP contribution is -2.50. The van der Waals surface area contributed by atoms with E-state index in [0.717, 1.165) is 19.3 Å². The molecule has 1 N–H and O–H groups in total. The van der Waals surface area contributed by atoms with Gasteiger partial charge in [-0.25, -0.2) is 5.01 Å². The minimum absolute atomic E-state index is 0.0221. The molecule has 2 aliphatic heterocycles. The van der Waals surface area contributed by atoms with Crippen LogP contribution in [0.5, 0.6) is 5.75 Å². The number of carbonyl (C=O) groups excluding carboxylic acids is 1. The van der Waals surface area contributed by atoms with Crippen LogP contribution in [0.4, 0.5) is 0 Å². The Labute approximate surface area is 164 Å². The van der Waals surface area contributed by atoms with Crippen LogP contribution in [-0.4, -0.2) is 40.2 Å². The molecule has 1 saturated carbocycles. The van der Waals surface area contributed by atoms with Crippen molar-refractivity contribution in [2.45, 2.75) is 57.8 Å². The Hall–Kier alpha value is -2.59. The first-order chi connectivity index (χ1) is 13.4. The lowest BCUT2D eigenvalue weighted by Gasteiger charge is -2.42. The Morgan fingerprint density at radius 3 is 2.93 bits per heavy atom. The molecule has 0 unspecified atom stereocenters. The quantitative estimate of drug-likeness (QED) is 0.863. The third-order valence-corrected chi connectivity index (χ3v) is 5.69. The van der Waals surface area contributed by atoms with Crippen LogP contribution in [0.25, 0.3) is 0 Å². The second-order valence-corrected chi connectivity index (χ2v) is 8.26. The number of fused-ring (bicyclic) bond motifs is 2. The van der Waals surface area contributed by atoms with Gasteiger partial charge in [0.1, 0.15) is 17.5 Å². The molecule has 0 aromatic heterocycles. The van der Waals surface area contributed by atoms with Crippen LogP contribution < -0.4 is 4.74 Å². The normalized spacial score (nSPS) is 29.8. The Morgan fingerprint density at radius 2 is 2.21 bits per heavy atom. The van der Waals surface area contributed by atoms with Gasteiger partial charge >= 0.3 is 0 Å². The van der Waals surface area contributed by atoms with Gasteiger partial charge in [-0.15, -0.1) is 5.10 Å². The van der Waals surface area contributed by atoms with Gasteiger partial charge in [0.2, 0.25) is 11.8 Å². The molecular formula is C21H25N3O4. The first kappa shape index (κ1) is 18.8. The maximum atomic E-state index is 12.4. The topological polar surface area (TPSA) is 95.2 Å². The third-order valence-electron chi connectivity index (χ3n) is 5.69. The van der Waals surface area contributed by atoms with Crippen molar-refractivity contribution in [3.63, 3.8) is 0 Å². The van der Waals surface area contributed by atoms with Crippen molar-refractivity contribution in [1.82, 2.24) is 5.01 Å².